The van der Waals surface area contributed by atoms with Crippen molar-refractivity contribution in [2.75, 3.05) is 18.5 Å². The number of aromatic carboxylic acids is 1. The molecule has 0 saturated heterocycles. The minimum Gasteiger partial charge on any atom is -0.478 e. The number of rotatable bonds is 7. The van der Waals surface area contributed by atoms with E-state index in [9.17, 15) is 18.8 Å². The predicted octanol–water partition coefficient (Wildman–Crippen LogP) is 4.64. The average molecular weight is 474 g/mol. The van der Waals surface area contributed by atoms with Crippen molar-refractivity contribution >= 4 is 23.7 Å². The van der Waals surface area contributed by atoms with Crippen LogP contribution in [-0.4, -0.2) is 36.2 Å². The van der Waals surface area contributed by atoms with Gasteiger partial charge in [0.1, 0.15) is 12.4 Å². The molecule has 1 fully saturated rings. The quantitative estimate of drug-likeness (QED) is 0.463. The SMILES string of the molecule is O=C(NC[C@H]1C[C@H]1C(=O)Nc1ccc(C(=O)O)c(F)c1)OCC1c2ccccc2-c2ccccc21. The van der Waals surface area contributed by atoms with E-state index < -0.39 is 23.4 Å². The zero-order valence-electron chi connectivity index (χ0n) is 18.7. The van der Waals surface area contributed by atoms with E-state index in [4.69, 9.17) is 9.84 Å². The Bertz CT molecular complexity index is 1280. The summed E-state index contributed by atoms with van der Waals surface area (Å²) >= 11 is 0. The molecular formula is C27H23FN2O5. The van der Waals surface area contributed by atoms with Crippen LogP contribution in [0.25, 0.3) is 11.1 Å². The molecule has 7 nitrogen and oxygen atoms in total. The number of halogens is 1. The zero-order chi connectivity index (χ0) is 24.5. The summed E-state index contributed by atoms with van der Waals surface area (Å²) in [5, 5.41) is 14.2. The van der Waals surface area contributed by atoms with Gasteiger partial charge in [0.05, 0.1) is 5.56 Å². The van der Waals surface area contributed by atoms with Crippen LogP contribution in [0.15, 0.2) is 66.7 Å². The fourth-order valence-corrected chi connectivity index (χ4v) is 4.66. The Kier molecular flexibility index (Phi) is 5.94. The first-order valence-corrected chi connectivity index (χ1v) is 11.3. The summed E-state index contributed by atoms with van der Waals surface area (Å²) in [5.41, 5.74) is 4.30. The van der Waals surface area contributed by atoms with Gasteiger partial charge in [-0.3, -0.25) is 4.79 Å². The third-order valence-corrected chi connectivity index (χ3v) is 6.58. The van der Waals surface area contributed by atoms with Crippen LogP contribution in [-0.2, 0) is 9.53 Å². The highest BCUT2D eigenvalue weighted by atomic mass is 19.1. The molecule has 0 aliphatic heterocycles. The lowest BCUT2D eigenvalue weighted by atomic mass is 9.98. The summed E-state index contributed by atoms with van der Waals surface area (Å²) in [7, 11) is 0. The Hall–Kier alpha value is -4.20. The molecule has 3 N–H and O–H groups in total. The molecule has 2 aliphatic carbocycles. The summed E-state index contributed by atoms with van der Waals surface area (Å²) in [6, 6.07) is 19.6. The Morgan fingerprint density at radius 1 is 0.971 bits per heavy atom. The number of alkyl carbamates (subject to hydrolysis) is 1. The minimum atomic E-state index is -1.37. The number of anilines is 1. The summed E-state index contributed by atoms with van der Waals surface area (Å²) in [6.45, 7) is 0.507. The molecule has 2 amide bonds. The molecular weight excluding hydrogens is 451 g/mol. The third kappa shape index (κ3) is 4.59. The highest BCUT2D eigenvalue weighted by molar-refractivity contribution is 5.95. The van der Waals surface area contributed by atoms with Gasteiger partial charge < -0.3 is 20.5 Å². The molecule has 3 aromatic rings. The molecule has 2 atom stereocenters. The number of fused-ring (bicyclic) bond motifs is 3. The van der Waals surface area contributed by atoms with E-state index in [-0.39, 0.29) is 36.0 Å². The van der Waals surface area contributed by atoms with E-state index >= 15 is 0 Å². The van der Waals surface area contributed by atoms with Gasteiger partial charge in [-0.05, 0) is 52.8 Å². The predicted molar refractivity (Wildman–Crippen MR) is 127 cm³/mol. The van der Waals surface area contributed by atoms with Crippen molar-refractivity contribution in [2.24, 2.45) is 11.8 Å². The second kappa shape index (κ2) is 9.21. The standard InChI is InChI=1S/C27H23FN2O5/c28-24-12-16(9-10-21(24)26(32)33)30-25(31)22-11-15(22)13-29-27(34)35-14-23-19-7-3-1-5-17(19)18-6-2-4-8-20(18)23/h1-10,12,15,22-23H,11,13-14H2,(H,29,34)(H,30,31)(H,32,33)/t15-,22-/m1/s1. The van der Waals surface area contributed by atoms with Crippen LogP contribution in [0.2, 0.25) is 0 Å². The van der Waals surface area contributed by atoms with Crippen molar-refractivity contribution in [3.8, 4) is 11.1 Å². The topological polar surface area (TPSA) is 105 Å². The van der Waals surface area contributed by atoms with Crippen LogP contribution in [0.4, 0.5) is 14.9 Å². The molecule has 0 unspecified atom stereocenters. The maximum Gasteiger partial charge on any atom is 0.407 e. The van der Waals surface area contributed by atoms with Gasteiger partial charge in [-0.2, -0.15) is 0 Å². The third-order valence-electron chi connectivity index (χ3n) is 6.58. The molecule has 1 saturated carbocycles. The van der Waals surface area contributed by atoms with Gasteiger partial charge in [0, 0.05) is 24.1 Å². The van der Waals surface area contributed by atoms with Crippen molar-refractivity contribution in [1.82, 2.24) is 5.32 Å². The average Bonchev–Trinajstić information content (AvgIpc) is 3.56. The van der Waals surface area contributed by atoms with E-state index in [0.717, 1.165) is 34.4 Å². The zero-order valence-corrected chi connectivity index (χ0v) is 18.7. The molecule has 5 rings (SSSR count). The number of hydrogen-bond acceptors (Lipinski definition) is 4. The van der Waals surface area contributed by atoms with Gasteiger partial charge in [-0.1, -0.05) is 48.5 Å². The van der Waals surface area contributed by atoms with Crippen molar-refractivity contribution in [3.05, 3.63) is 89.2 Å². The van der Waals surface area contributed by atoms with Crippen molar-refractivity contribution in [3.63, 3.8) is 0 Å². The second-order valence-corrected chi connectivity index (χ2v) is 8.80. The van der Waals surface area contributed by atoms with Gasteiger partial charge >= 0.3 is 12.1 Å². The number of carbonyl (C=O) groups is 3. The largest absolute Gasteiger partial charge is 0.478 e. The van der Waals surface area contributed by atoms with Gasteiger partial charge in [0.25, 0.3) is 0 Å². The number of nitrogens with one attached hydrogen (secondary N) is 2. The maximum atomic E-state index is 13.8. The van der Waals surface area contributed by atoms with Crippen LogP contribution < -0.4 is 10.6 Å². The number of carbonyl (C=O) groups excluding carboxylic acids is 2. The number of ether oxygens (including phenoxy) is 1. The summed E-state index contributed by atoms with van der Waals surface area (Å²) in [6.07, 6.45) is 0.0507. The van der Waals surface area contributed by atoms with Gasteiger partial charge in [0.15, 0.2) is 0 Å². The van der Waals surface area contributed by atoms with Crippen molar-refractivity contribution < 1.29 is 28.6 Å². The molecule has 0 radical (unpaired) electrons. The Labute approximate surface area is 200 Å². The van der Waals surface area contributed by atoms with E-state index in [1.807, 2.05) is 24.3 Å². The first-order chi connectivity index (χ1) is 16.9. The van der Waals surface area contributed by atoms with Crippen molar-refractivity contribution in [1.29, 1.82) is 0 Å². The number of amides is 2. The van der Waals surface area contributed by atoms with Gasteiger partial charge in [-0.25, -0.2) is 14.0 Å². The van der Waals surface area contributed by atoms with Crippen LogP contribution in [0.5, 0.6) is 0 Å². The van der Waals surface area contributed by atoms with E-state index in [2.05, 4.69) is 34.9 Å². The first-order valence-electron chi connectivity index (χ1n) is 11.3. The van der Waals surface area contributed by atoms with E-state index in [1.165, 1.54) is 6.07 Å². The number of hydrogen-bond donors (Lipinski definition) is 3. The summed E-state index contributed by atoms with van der Waals surface area (Å²) in [4.78, 5) is 35.6. The van der Waals surface area contributed by atoms with Crippen LogP contribution in [0, 0.1) is 17.7 Å². The Morgan fingerprint density at radius 2 is 1.63 bits per heavy atom. The van der Waals surface area contributed by atoms with E-state index in [1.54, 1.807) is 0 Å². The van der Waals surface area contributed by atoms with Crippen molar-refractivity contribution in [2.45, 2.75) is 12.3 Å². The van der Waals surface area contributed by atoms with Crippen LogP contribution >= 0.6 is 0 Å². The molecule has 178 valence electrons. The summed E-state index contributed by atoms with van der Waals surface area (Å²) < 4.78 is 19.3. The maximum absolute atomic E-state index is 13.8. The number of benzene rings is 3. The molecule has 8 heteroatoms. The summed E-state index contributed by atoms with van der Waals surface area (Å²) in [5.74, 6) is -2.97. The highest BCUT2D eigenvalue weighted by Crippen LogP contribution is 2.44. The lowest BCUT2D eigenvalue weighted by Gasteiger charge is -2.14. The van der Waals surface area contributed by atoms with Gasteiger partial charge in [0.2, 0.25) is 5.91 Å². The van der Waals surface area contributed by atoms with Gasteiger partial charge in [-0.15, -0.1) is 0 Å². The molecule has 3 aromatic carbocycles. The van der Waals surface area contributed by atoms with Crippen LogP contribution in [0.1, 0.15) is 33.8 Å². The molecule has 35 heavy (non-hydrogen) atoms. The molecule has 0 aromatic heterocycles. The second-order valence-electron chi connectivity index (χ2n) is 8.80. The normalized spacial score (nSPS) is 17.7. The fraction of sp³-hybridized carbons (Fsp3) is 0.222. The van der Waals surface area contributed by atoms with Crippen LogP contribution in [0.3, 0.4) is 0 Å². The number of carboxylic acid groups (broad SMARTS) is 1. The van der Waals surface area contributed by atoms with E-state index in [0.29, 0.717) is 13.0 Å². The molecule has 0 bridgehead atoms. The monoisotopic (exact) mass is 474 g/mol. The fourth-order valence-electron chi connectivity index (χ4n) is 4.66. The molecule has 0 spiro atoms. The Balaban J connectivity index is 1.10. The smallest absolute Gasteiger partial charge is 0.407 e. The molecule has 0 heterocycles. The first kappa shape index (κ1) is 22.6. The Morgan fingerprint density at radius 3 is 2.26 bits per heavy atom. The highest BCUT2D eigenvalue weighted by Gasteiger charge is 2.43. The molecule has 2 aliphatic rings. The lowest BCUT2D eigenvalue weighted by Crippen LogP contribution is -2.29. The number of carboxylic acids is 1. The minimum absolute atomic E-state index is 0.0273. The lowest BCUT2D eigenvalue weighted by molar-refractivity contribution is -0.117.